The molecule has 0 bridgehead atoms. The van der Waals surface area contributed by atoms with Crippen LogP contribution < -0.4 is 0 Å². The van der Waals surface area contributed by atoms with Crippen LogP contribution in [-0.4, -0.2) is 41.1 Å². The van der Waals surface area contributed by atoms with E-state index in [1.807, 2.05) is 4.90 Å². The lowest BCUT2D eigenvalue weighted by Gasteiger charge is -2.40. The Morgan fingerprint density at radius 3 is 2.19 bits per heavy atom. The molecule has 5 nitrogen and oxygen atoms in total. The number of hydrogen-bond acceptors (Lipinski definition) is 3. The SMILES string of the molecule is COC1CCC(N(C(=O)C2CCC(C)CC2)C2=C(C(=O)O)CC(C3CCCCC3)=C2)CC1. The van der Waals surface area contributed by atoms with E-state index >= 15 is 0 Å². The van der Waals surface area contributed by atoms with Gasteiger partial charge in [-0.3, -0.25) is 4.79 Å². The number of ether oxygens (including phenoxy) is 1. The summed E-state index contributed by atoms with van der Waals surface area (Å²) in [6.45, 7) is 2.27. The smallest absolute Gasteiger partial charge is 0.334 e. The Balaban J connectivity index is 1.63. The van der Waals surface area contributed by atoms with Crippen LogP contribution in [0.1, 0.15) is 96.8 Å². The number of allylic oxidation sites excluding steroid dienone is 2. The van der Waals surface area contributed by atoms with E-state index in [0.29, 0.717) is 29.5 Å². The maximum atomic E-state index is 13.9. The van der Waals surface area contributed by atoms with Gasteiger partial charge in [-0.05, 0) is 82.1 Å². The van der Waals surface area contributed by atoms with Gasteiger partial charge in [0.15, 0.2) is 0 Å². The zero-order valence-electron chi connectivity index (χ0n) is 20.0. The predicted octanol–water partition coefficient (Wildman–Crippen LogP) is 5.85. The van der Waals surface area contributed by atoms with Gasteiger partial charge in [-0.15, -0.1) is 0 Å². The van der Waals surface area contributed by atoms with Gasteiger partial charge in [0.25, 0.3) is 0 Å². The fourth-order valence-electron chi connectivity index (χ4n) is 6.48. The molecule has 3 fully saturated rings. The molecule has 1 N–H and O–H groups in total. The Morgan fingerprint density at radius 2 is 1.59 bits per heavy atom. The van der Waals surface area contributed by atoms with Gasteiger partial charge in [0, 0.05) is 25.5 Å². The average molecular weight is 444 g/mol. The number of aliphatic carboxylic acids is 1. The first-order valence-electron chi connectivity index (χ1n) is 13.0. The second-order valence-corrected chi connectivity index (χ2v) is 10.7. The lowest BCUT2D eigenvalue weighted by atomic mass is 9.81. The normalized spacial score (nSPS) is 32.0. The summed E-state index contributed by atoms with van der Waals surface area (Å²) in [5, 5.41) is 10.1. The molecule has 0 spiro atoms. The summed E-state index contributed by atoms with van der Waals surface area (Å²) in [6.07, 6.45) is 16.6. The number of methoxy groups -OCH3 is 1. The molecule has 4 aliphatic rings. The third-order valence-corrected chi connectivity index (χ3v) is 8.60. The highest BCUT2D eigenvalue weighted by Crippen LogP contribution is 2.42. The molecular formula is C27H41NO4. The number of carboxylic acids is 1. The van der Waals surface area contributed by atoms with Crippen LogP contribution in [0.2, 0.25) is 0 Å². The molecule has 0 aromatic carbocycles. The molecule has 178 valence electrons. The van der Waals surface area contributed by atoms with Crippen molar-refractivity contribution in [2.45, 2.75) is 109 Å². The van der Waals surface area contributed by atoms with Crippen LogP contribution in [0.15, 0.2) is 22.9 Å². The highest BCUT2D eigenvalue weighted by molar-refractivity contribution is 5.92. The third kappa shape index (κ3) is 5.13. The monoisotopic (exact) mass is 443 g/mol. The summed E-state index contributed by atoms with van der Waals surface area (Å²) in [6, 6.07) is 0.0829. The van der Waals surface area contributed by atoms with Crippen LogP contribution in [0.5, 0.6) is 0 Å². The Labute approximate surface area is 193 Å². The van der Waals surface area contributed by atoms with Gasteiger partial charge >= 0.3 is 5.97 Å². The predicted molar refractivity (Wildman–Crippen MR) is 125 cm³/mol. The van der Waals surface area contributed by atoms with Crippen molar-refractivity contribution in [3.8, 4) is 0 Å². The number of nitrogens with zero attached hydrogens (tertiary/aromatic N) is 1. The van der Waals surface area contributed by atoms with Crippen LogP contribution >= 0.6 is 0 Å². The molecule has 32 heavy (non-hydrogen) atoms. The Kier molecular flexibility index (Phi) is 7.75. The Bertz CT molecular complexity index is 748. The van der Waals surface area contributed by atoms with E-state index in [2.05, 4.69) is 13.0 Å². The molecule has 5 heteroatoms. The molecule has 4 aliphatic carbocycles. The minimum atomic E-state index is -0.859. The van der Waals surface area contributed by atoms with Gasteiger partial charge in [0.1, 0.15) is 0 Å². The van der Waals surface area contributed by atoms with Gasteiger partial charge in [-0.25, -0.2) is 4.79 Å². The maximum Gasteiger partial charge on any atom is 0.334 e. The number of carbonyl (C=O) groups excluding carboxylic acids is 1. The van der Waals surface area contributed by atoms with Crippen molar-refractivity contribution in [3.05, 3.63) is 22.9 Å². The lowest BCUT2D eigenvalue weighted by molar-refractivity contribution is -0.138. The van der Waals surface area contributed by atoms with E-state index in [1.54, 1.807) is 7.11 Å². The first-order valence-corrected chi connectivity index (χ1v) is 13.0. The first kappa shape index (κ1) is 23.5. The van der Waals surface area contributed by atoms with E-state index in [-0.39, 0.29) is 24.0 Å². The van der Waals surface area contributed by atoms with Crippen LogP contribution in [0.4, 0.5) is 0 Å². The molecule has 0 radical (unpaired) electrons. The standard InChI is InChI=1S/C27H41NO4/c1-18-8-10-20(11-9-18)26(29)28(22-12-14-23(32-2)15-13-22)25-17-21(16-24(25)27(30)31)19-6-4-3-5-7-19/h17-20,22-23H,3-16H2,1-2H3,(H,30,31). The molecule has 0 saturated heterocycles. The summed E-state index contributed by atoms with van der Waals surface area (Å²) in [5.74, 6) is 0.506. The van der Waals surface area contributed by atoms with Crippen molar-refractivity contribution in [3.63, 3.8) is 0 Å². The number of carboxylic acid groups (broad SMARTS) is 1. The highest BCUT2D eigenvalue weighted by atomic mass is 16.5. The van der Waals surface area contributed by atoms with E-state index in [0.717, 1.165) is 64.2 Å². The maximum absolute atomic E-state index is 13.9. The van der Waals surface area contributed by atoms with Crippen molar-refractivity contribution in [1.82, 2.24) is 4.90 Å². The van der Waals surface area contributed by atoms with E-state index in [4.69, 9.17) is 4.74 Å². The summed E-state index contributed by atoms with van der Waals surface area (Å²) in [5.41, 5.74) is 2.40. The van der Waals surface area contributed by atoms with Crippen molar-refractivity contribution >= 4 is 11.9 Å². The summed E-state index contributed by atoms with van der Waals surface area (Å²) in [7, 11) is 1.76. The minimum absolute atomic E-state index is 0.0287. The molecule has 3 saturated carbocycles. The third-order valence-electron chi connectivity index (χ3n) is 8.60. The van der Waals surface area contributed by atoms with Crippen molar-refractivity contribution in [1.29, 1.82) is 0 Å². The van der Waals surface area contributed by atoms with Crippen LogP contribution in [-0.2, 0) is 14.3 Å². The van der Waals surface area contributed by atoms with Crippen LogP contribution in [0.3, 0.4) is 0 Å². The van der Waals surface area contributed by atoms with Gasteiger partial charge in [0.05, 0.1) is 17.4 Å². The molecule has 0 aliphatic heterocycles. The fourth-order valence-corrected chi connectivity index (χ4v) is 6.48. The highest BCUT2D eigenvalue weighted by Gasteiger charge is 2.39. The molecule has 4 rings (SSSR count). The van der Waals surface area contributed by atoms with Gasteiger partial charge in [0.2, 0.25) is 5.91 Å². The van der Waals surface area contributed by atoms with E-state index < -0.39 is 5.97 Å². The van der Waals surface area contributed by atoms with Crippen molar-refractivity contribution in [2.24, 2.45) is 17.8 Å². The summed E-state index contributed by atoms with van der Waals surface area (Å²) >= 11 is 0. The number of carbonyl (C=O) groups is 2. The quantitative estimate of drug-likeness (QED) is 0.559. The largest absolute Gasteiger partial charge is 0.478 e. The fraction of sp³-hybridized carbons (Fsp3) is 0.778. The molecule has 1 amide bonds. The molecule has 0 unspecified atom stereocenters. The zero-order chi connectivity index (χ0) is 22.7. The molecule has 0 atom stereocenters. The van der Waals surface area contributed by atoms with Gasteiger partial charge in [-0.1, -0.05) is 31.8 Å². The summed E-state index contributed by atoms with van der Waals surface area (Å²) in [4.78, 5) is 28.2. The molecule has 0 aromatic rings. The summed E-state index contributed by atoms with van der Waals surface area (Å²) < 4.78 is 5.57. The topological polar surface area (TPSA) is 66.8 Å². The van der Waals surface area contributed by atoms with Gasteiger partial charge in [-0.2, -0.15) is 0 Å². The number of hydrogen-bond donors (Lipinski definition) is 1. The molecule has 0 aromatic heterocycles. The first-order chi connectivity index (χ1) is 15.5. The second-order valence-electron chi connectivity index (χ2n) is 10.7. The van der Waals surface area contributed by atoms with E-state index in [1.165, 1.54) is 24.8 Å². The van der Waals surface area contributed by atoms with Crippen LogP contribution in [0, 0.1) is 17.8 Å². The van der Waals surface area contributed by atoms with Crippen molar-refractivity contribution < 1.29 is 19.4 Å². The Hall–Kier alpha value is -1.62. The number of amides is 1. The number of rotatable bonds is 6. The Morgan fingerprint density at radius 1 is 0.938 bits per heavy atom. The molecular weight excluding hydrogens is 402 g/mol. The molecule has 0 heterocycles. The zero-order valence-corrected chi connectivity index (χ0v) is 20.0. The van der Waals surface area contributed by atoms with E-state index in [9.17, 15) is 14.7 Å². The van der Waals surface area contributed by atoms with Crippen molar-refractivity contribution in [2.75, 3.05) is 7.11 Å². The second kappa shape index (κ2) is 10.5. The van der Waals surface area contributed by atoms with Gasteiger partial charge < -0.3 is 14.7 Å². The average Bonchev–Trinajstić information content (AvgIpc) is 3.26. The lowest BCUT2D eigenvalue weighted by Crippen LogP contribution is -2.46. The van der Waals surface area contributed by atoms with Crippen LogP contribution in [0.25, 0.3) is 0 Å². The minimum Gasteiger partial charge on any atom is -0.478 e.